The number of thioether (sulfide) groups is 1. The van der Waals surface area contributed by atoms with Crippen LogP contribution in [-0.2, 0) is 15.8 Å². The summed E-state index contributed by atoms with van der Waals surface area (Å²) >= 11 is 1.41. The van der Waals surface area contributed by atoms with Crippen molar-refractivity contribution in [2.24, 2.45) is 0 Å². The molecule has 0 aromatic carbocycles. The van der Waals surface area contributed by atoms with Crippen molar-refractivity contribution >= 4 is 27.4 Å². The van der Waals surface area contributed by atoms with Crippen LogP contribution in [0.5, 0.6) is 0 Å². The van der Waals surface area contributed by atoms with Crippen molar-refractivity contribution in [3.8, 4) is 0 Å². The van der Waals surface area contributed by atoms with Crippen molar-refractivity contribution in [3.05, 3.63) is 64.8 Å². The van der Waals surface area contributed by atoms with Gasteiger partial charge in [0, 0.05) is 50.4 Å². The fourth-order valence-electron chi connectivity index (χ4n) is 3.11. The number of hydrogen-bond donors (Lipinski definition) is 0. The molecule has 4 rings (SSSR count). The van der Waals surface area contributed by atoms with Gasteiger partial charge in [-0.05, 0) is 31.3 Å². The summed E-state index contributed by atoms with van der Waals surface area (Å²) in [6, 6.07) is 10.2. The summed E-state index contributed by atoms with van der Waals surface area (Å²) in [6.45, 7) is 2.41. The molecule has 1 aliphatic heterocycles. The van der Waals surface area contributed by atoms with E-state index in [9.17, 15) is 13.2 Å². The number of rotatable bonds is 5. The van der Waals surface area contributed by atoms with Crippen LogP contribution >= 0.6 is 11.8 Å². The second-order valence-corrected chi connectivity index (χ2v) is 9.78. The smallest absolute Gasteiger partial charge is 0.258 e. The number of sulfonamides is 1. The van der Waals surface area contributed by atoms with Gasteiger partial charge < -0.3 is 4.90 Å². The lowest BCUT2D eigenvalue weighted by Crippen LogP contribution is -2.47. The number of aromatic nitrogens is 3. The molecule has 0 saturated carbocycles. The van der Waals surface area contributed by atoms with Crippen LogP contribution in [0, 0.1) is 0 Å². The monoisotopic (exact) mass is 431 g/mol. The maximum Gasteiger partial charge on any atom is 0.258 e. The first-order valence-corrected chi connectivity index (χ1v) is 11.6. The summed E-state index contributed by atoms with van der Waals surface area (Å²) in [5.41, 5.74) is 1.12. The van der Waals surface area contributed by atoms with Gasteiger partial charge in [-0.3, -0.25) is 9.20 Å². The molecule has 4 heterocycles. The molecule has 10 heteroatoms. The highest BCUT2D eigenvalue weighted by atomic mass is 32.2. The highest BCUT2D eigenvalue weighted by Gasteiger charge is 2.27. The van der Waals surface area contributed by atoms with E-state index in [0.717, 1.165) is 13.1 Å². The number of pyridine rings is 2. The van der Waals surface area contributed by atoms with Crippen LogP contribution in [0.1, 0.15) is 5.69 Å². The van der Waals surface area contributed by atoms with Gasteiger partial charge in [-0.2, -0.15) is 4.31 Å². The van der Waals surface area contributed by atoms with E-state index in [2.05, 4.69) is 14.9 Å². The minimum absolute atomic E-state index is 0.132. The summed E-state index contributed by atoms with van der Waals surface area (Å²) in [6.07, 6.45) is 3.08. The molecule has 0 N–H and O–H groups in total. The Bertz CT molecular complexity index is 1170. The van der Waals surface area contributed by atoms with Crippen LogP contribution in [0.2, 0.25) is 0 Å². The van der Waals surface area contributed by atoms with Gasteiger partial charge in [-0.25, -0.2) is 18.4 Å². The number of piperazine rings is 1. The minimum atomic E-state index is -3.52. The van der Waals surface area contributed by atoms with E-state index in [-0.39, 0.29) is 10.5 Å². The first-order chi connectivity index (χ1) is 13.9. The summed E-state index contributed by atoms with van der Waals surface area (Å²) in [7, 11) is -1.54. The van der Waals surface area contributed by atoms with E-state index in [1.165, 1.54) is 32.7 Å². The Kier molecular flexibility index (Phi) is 5.68. The van der Waals surface area contributed by atoms with Crippen LogP contribution in [0.3, 0.4) is 0 Å². The van der Waals surface area contributed by atoms with Crippen LogP contribution in [-0.4, -0.2) is 65.2 Å². The van der Waals surface area contributed by atoms with Crippen molar-refractivity contribution in [3.63, 3.8) is 0 Å². The normalized spacial score (nSPS) is 16.3. The first kappa shape index (κ1) is 20.0. The third kappa shape index (κ3) is 4.35. The SMILES string of the molecule is CN1CCN(S(=O)(=O)c2ccc(SCc3cc(=O)n4ccccc4n3)nc2)CC1. The molecule has 0 radical (unpaired) electrons. The van der Waals surface area contributed by atoms with E-state index in [1.54, 1.807) is 30.5 Å². The quantitative estimate of drug-likeness (QED) is 0.563. The second-order valence-electron chi connectivity index (χ2n) is 6.84. The van der Waals surface area contributed by atoms with Crippen molar-refractivity contribution in [2.75, 3.05) is 33.2 Å². The lowest BCUT2D eigenvalue weighted by atomic mass is 10.4. The zero-order chi connectivity index (χ0) is 20.4. The summed E-state index contributed by atoms with van der Waals surface area (Å²) < 4.78 is 28.5. The largest absolute Gasteiger partial charge is 0.304 e. The van der Waals surface area contributed by atoms with Crippen LogP contribution in [0.15, 0.2) is 63.5 Å². The molecule has 0 spiro atoms. The van der Waals surface area contributed by atoms with Crippen LogP contribution in [0.4, 0.5) is 0 Å². The number of nitrogens with zero attached hydrogens (tertiary/aromatic N) is 5. The standard InChI is InChI=1S/C19H21N5O3S2/c1-22-8-10-23(11-9-22)29(26,27)16-5-6-18(20-13-16)28-14-15-12-19(25)24-7-3-2-4-17(24)21-15/h2-7,12-13H,8-11,14H2,1H3. The molecule has 3 aromatic heterocycles. The Balaban J connectivity index is 1.45. The summed E-state index contributed by atoms with van der Waals surface area (Å²) in [5, 5.41) is 0.678. The zero-order valence-corrected chi connectivity index (χ0v) is 17.6. The molecule has 29 heavy (non-hydrogen) atoms. The van der Waals surface area contributed by atoms with Crippen molar-refractivity contribution in [1.82, 2.24) is 23.6 Å². The molecular weight excluding hydrogens is 410 g/mol. The van der Waals surface area contributed by atoms with Crippen LogP contribution < -0.4 is 5.56 Å². The second kappa shape index (κ2) is 8.23. The Morgan fingerprint density at radius 2 is 1.90 bits per heavy atom. The molecule has 152 valence electrons. The topological polar surface area (TPSA) is 87.9 Å². The fourth-order valence-corrected chi connectivity index (χ4v) is 5.21. The average molecular weight is 432 g/mol. The van der Waals surface area contributed by atoms with Gasteiger partial charge in [0.05, 0.1) is 10.7 Å². The van der Waals surface area contributed by atoms with Gasteiger partial charge >= 0.3 is 0 Å². The predicted molar refractivity (Wildman–Crippen MR) is 112 cm³/mol. The fraction of sp³-hybridized carbons (Fsp3) is 0.316. The van der Waals surface area contributed by atoms with Crippen molar-refractivity contribution in [1.29, 1.82) is 0 Å². The van der Waals surface area contributed by atoms with E-state index < -0.39 is 10.0 Å². The highest BCUT2D eigenvalue weighted by molar-refractivity contribution is 7.98. The molecule has 3 aromatic rings. The molecule has 1 saturated heterocycles. The van der Waals surface area contributed by atoms with Gasteiger partial charge in [0.2, 0.25) is 10.0 Å². The zero-order valence-electron chi connectivity index (χ0n) is 15.9. The first-order valence-electron chi connectivity index (χ1n) is 9.18. The molecule has 0 amide bonds. The maximum atomic E-state index is 12.8. The summed E-state index contributed by atoms with van der Waals surface area (Å²) in [5.74, 6) is 0.470. The van der Waals surface area contributed by atoms with Gasteiger partial charge in [0.15, 0.2) is 0 Å². The van der Waals surface area contributed by atoms with E-state index in [4.69, 9.17) is 0 Å². The third-order valence-electron chi connectivity index (χ3n) is 4.80. The number of hydrogen-bond acceptors (Lipinski definition) is 7. The maximum absolute atomic E-state index is 12.8. The third-order valence-corrected chi connectivity index (χ3v) is 7.66. The van der Waals surface area contributed by atoms with Gasteiger partial charge in [0.1, 0.15) is 10.5 Å². The lowest BCUT2D eigenvalue weighted by Gasteiger charge is -2.31. The summed E-state index contributed by atoms with van der Waals surface area (Å²) in [4.78, 5) is 23.2. The van der Waals surface area contributed by atoms with Gasteiger partial charge in [-0.15, -0.1) is 11.8 Å². The van der Waals surface area contributed by atoms with E-state index >= 15 is 0 Å². The molecule has 8 nitrogen and oxygen atoms in total. The molecule has 1 aliphatic rings. The van der Waals surface area contributed by atoms with Gasteiger partial charge in [0.25, 0.3) is 5.56 Å². The molecule has 1 fully saturated rings. The Morgan fingerprint density at radius 3 is 2.62 bits per heavy atom. The predicted octanol–water partition coefficient (Wildman–Crippen LogP) is 1.32. The lowest BCUT2D eigenvalue weighted by molar-refractivity contribution is 0.222. The van der Waals surface area contributed by atoms with Crippen molar-refractivity contribution < 1.29 is 8.42 Å². The Hall–Kier alpha value is -2.27. The molecule has 0 atom stereocenters. The van der Waals surface area contributed by atoms with E-state index in [1.807, 2.05) is 13.1 Å². The van der Waals surface area contributed by atoms with Gasteiger partial charge in [-0.1, -0.05) is 6.07 Å². The number of likely N-dealkylation sites (N-methyl/N-ethyl adjacent to an activating group) is 1. The van der Waals surface area contributed by atoms with Crippen molar-refractivity contribution in [2.45, 2.75) is 15.7 Å². The van der Waals surface area contributed by atoms with E-state index in [0.29, 0.717) is 35.2 Å². The molecular formula is C19H21N5O3S2. The molecule has 0 unspecified atom stereocenters. The average Bonchev–Trinajstić information content (AvgIpc) is 2.73. The molecule has 0 aliphatic carbocycles. The Labute approximate surface area is 173 Å². The minimum Gasteiger partial charge on any atom is -0.304 e. The Morgan fingerprint density at radius 1 is 1.10 bits per heavy atom. The van der Waals surface area contributed by atoms with Crippen LogP contribution in [0.25, 0.3) is 5.65 Å². The molecule has 0 bridgehead atoms. The highest BCUT2D eigenvalue weighted by Crippen LogP contribution is 2.22. The number of fused-ring (bicyclic) bond motifs is 1.